The second-order valence-electron chi connectivity index (χ2n) is 7.88. The Morgan fingerprint density at radius 1 is 1.30 bits per heavy atom. The van der Waals surface area contributed by atoms with E-state index in [4.69, 9.17) is 10.1 Å². The highest BCUT2D eigenvalue weighted by atomic mass is 16.6. The fraction of sp³-hybridized carbons (Fsp3) is 0.545. The molecule has 1 aliphatic rings. The number of nitriles is 1. The zero-order chi connectivity index (χ0) is 22.0. The van der Waals surface area contributed by atoms with Gasteiger partial charge in [0.15, 0.2) is 6.19 Å². The minimum Gasteiger partial charge on any atom is -0.383 e. The Hall–Kier alpha value is -3.08. The average molecular weight is 413 g/mol. The molecule has 0 radical (unpaired) electrons. The minimum atomic E-state index is -0.647. The lowest BCUT2D eigenvalue weighted by Gasteiger charge is -2.41. The molecule has 1 unspecified atom stereocenters. The molecule has 1 aromatic rings. The van der Waals surface area contributed by atoms with Gasteiger partial charge in [-0.05, 0) is 52.0 Å². The summed E-state index contributed by atoms with van der Waals surface area (Å²) in [6.45, 7) is 5.88. The first kappa shape index (κ1) is 23.2. The van der Waals surface area contributed by atoms with Crippen LogP contribution in [0.4, 0.5) is 0 Å². The summed E-state index contributed by atoms with van der Waals surface area (Å²) in [5.41, 5.74) is 1.84. The van der Waals surface area contributed by atoms with E-state index in [2.05, 4.69) is 38.2 Å². The topological polar surface area (TPSA) is 111 Å². The molecule has 162 valence electrons. The van der Waals surface area contributed by atoms with Gasteiger partial charge in [-0.25, -0.2) is 0 Å². The molecule has 2 rings (SSSR count). The Balaban J connectivity index is 2.06. The van der Waals surface area contributed by atoms with Gasteiger partial charge in [-0.1, -0.05) is 35.5 Å². The molecule has 0 saturated heterocycles. The molecule has 0 spiro atoms. The Labute approximate surface area is 178 Å². The first-order valence-electron chi connectivity index (χ1n) is 10.3. The van der Waals surface area contributed by atoms with E-state index in [1.54, 1.807) is 14.0 Å². The van der Waals surface area contributed by atoms with Gasteiger partial charge in [0.1, 0.15) is 0 Å². The van der Waals surface area contributed by atoms with E-state index in [1.165, 1.54) is 5.56 Å². The fourth-order valence-corrected chi connectivity index (χ4v) is 3.71. The number of benzene rings is 1. The Bertz CT molecular complexity index is 788. The van der Waals surface area contributed by atoms with E-state index >= 15 is 0 Å². The van der Waals surface area contributed by atoms with Crippen molar-refractivity contribution in [3.05, 3.63) is 35.9 Å². The highest BCUT2D eigenvalue weighted by Gasteiger charge is 2.37. The summed E-state index contributed by atoms with van der Waals surface area (Å²) in [6.07, 6.45) is 4.87. The molecule has 0 aliphatic heterocycles. The number of amides is 1. The number of nitrogens with zero attached hydrogens (tertiary/aromatic N) is 3. The number of carbonyl (C=O) groups excluding carboxylic acids is 1. The van der Waals surface area contributed by atoms with Crippen LogP contribution in [0.25, 0.3) is 0 Å². The van der Waals surface area contributed by atoms with E-state index in [0.717, 1.165) is 31.4 Å². The number of hydrogen-bond donors (Lipinski definition) is 3. The van der Waals surface area contributed by atoms with Crippen molar-refractivity contribution in [3.8, 4) is 6.19 Å². The van der Waals surface area contributed by atoms with Gasteiger partial charge in [-0.15, -0.1) is 0 Å². The third-order valence-electron chi connectivity index (χ3n) is 5.43. The van der Waals surface area contributed by atoms with Crippen LogP contribution in [0.5, 0.6) is 0 Å². The number of nitrogens with one attached hydrogen (secondary N) is 3. The maximum atomic E-state index is 12.5. The van der Waals surface area contributed by atoms with E-state index in [1.807, 2.05) is 38.2 Å². The van der Waals surface area contributed by atoms with Crippen LogP contribution in [0.2, 0.25) is 0 Å². The number of aliphatic imine (C=N–C) groups is 1. The average Bonchev–Trinajstić information content (AvgIpc) is 2.77. The van der Waals surface area contributed by atoms with Crippen LogP contribution in [0.3, 0.4) is 0 Å². The minimum absolute atomic E-state index is 0.148. The van der Waals surface area contributed by atoms with Crippen LogP contribution in [0.15, 0.2) is 40.5 Å². The second kappa shape index (κ2) is 11.2. The summed E-state index contributed by atoms with van der Waals surface area (Å²) in [6, 6.07) is 10.5. The number of guanidine groups is 1. The van der Waals surface area contributed by atoms with Gasteiger partial charge in [0.25, 0.3) is 5.91 Å². The summed E-state index contributed by atoms with van der Waals surface area (Å²) in [5.74, 6) is 0.315. The molecule has 30 heavy (non-hydrogen) atoms. The summed E-state index contributed by atoms with van der Waals surface area (Å²) in [5, 5.41) is 21.6. The van der Waals surface area contributed by atoms with Gasteiger partial charge >= 0.3 is 0 Å². The van der Waals surface area contributed by atoms with Gasteiger partial charge in [0.05, 0.1) is 5.71 Å². The second-order valence-corrected chi connectivity index (χ2v) is 7.88. The number of rotatable bonds is 7. The predicted octanol–water partition coefficient (Wildman–Crippen LogP) is 2.43. The first-order valence-corrected chi connectivity index (χ1v) is 10.3. The lowest BCUT2D eigenvalue weighted by Crippen LogP contribution is -2.50. The lowest BCUT2D eigenvalue weighted by molar-refractivity contribution is -0.132. The van der Waals surface area contributed by atoms with Crippen LogP contribution >= 0.6 is 0 Å². The Kier molecular flexibility index (Phi) is 8.66. The molecule has 8 nitrogen and oxygen atoms in total. The van der Waals surface area contributed by atoms with Gasteiger partial charge in [-0.3, -0.25) is 15.1 Å². The molecule has 1 amide bonds. The fourth-order valence-electron chi connectivity index (χ4n) is 3.71. The third kappa shape index (κ3) is 6.48. The van der Waals surface area contributed by atoms with Gasteiger partial charge in [0, 0.05) is 25.0 Å². The Morgan fingerprint density at radius 2 is 1.97 bits per heavy atom. The molecule has 1 aliphatic carbocycles. The maximum Gasteiger partial charge on any atom is 0.263 e. The van der Waals surface area contributed by atoms with Crippen LogP contribution < -0.4 is 16.0 Å². The van der Waals surface area contributed by atoms with E-state index in [9.17, 15) is 4.79 Å². The molecule has 1 fully saturated rings. The zero-order valence-electron chi connectivity index (χ0n) is 18.2. The van der Waals surface area contributed by atoms with Crippen LogP contribution in [-0.4, -0.2) is 43.3 Å². The van der Waals surface area contributed by atoms with Crippen LogP contribution in [-0.2, 0) is 15.0 Å². The largest absolute Gasteiger partial charge is 0.383 e. The van der Waals surface area contributed by atoms with Crippen LogP contribution in [0, 0.1) is 11.5 Å². The van der Waals surface area contributed by atoms with Gasteiger partial charge < -0.3 is 15.5 Å². The molecule has 1 atom stereocenters. The summed E-state index contributed by atoms with van der Waals surface area (Å²) in [7, 11) is 1.65. The molecule has 1 saturated carbocycles. The third-order valence-corrected chi connectivity index (χ3v) is 5.43. The van der Waals surface area contributed by atoms with Crippen molar-refractivity contribution in [1.29, 1.82) is 5.26 Å². The molecule has 0 aromatic heterocycles. The van der Waals surface area contributed by atoms with Gasteiger partial charge in [0.2, 0.25) is 12.1 Å². The quantitative estimate of drug-likeness (QED) is 0.209. The highest BCUT2D eigenvalue weighted by molar-refractivity contribution is 5.82. The van der Waals surface area contributed by atoms with Crippen molar-refractivity contribution in [1.82, 2.24) is 16.0 Å². The van der Waals surface area contributed by atoms with Crippen molar-refractivity contribution >= 4 is 17.6 Å². The zero-order valence-corrected chi connectivity index (χ0v) is 18.2. The molecule has 0 heterocycles. The number of hydrogen-bond acceptors (Lipinski definition) is 5. The molecule has 0 bridgehead atoms. The monoisotopic (exact) mass is 412 g/mol. The van der Waals surface area contributed by atoms with Crippen molar-refractivity contribution in [2.45, 2.75) is 64.0 Å². The SMILES string of the molecule is CN=C(NC#N)NC1CCC(CNC(=O)C(C)ON=C(C)C)(c2ccccc2)CC1. The predicted molar refractivity (Wildman–Crippen MR) is 118 cm³/mol. The molecule has 1 aromatic carbocycles. The molecular weight excluding hydrogens is 380 g/mol. The number of oxime groups is 1. The van der Waals surface area contributed by atoms with E-state index in [0.29, 0.717) is 12.5 Å². The molecular formula is C22H32N6O2. The Morgan fingerprint density at radius 3 is 2.53 bits per heavy atom. The van der Waals surface area contributed by atoms with E-state index in [-0.39, 0.29) is 17.4 Å². The molecule has 3 N–H and O–H groups in total. The normalized spacial score (nSPS) is 22.2. The number of carbonyl (C=O) groups is 1. The van der Waals surface area contributed by atoms with Gasteiger partial charge in [-0.2, -0.15) is 5.26 Å². The summed E-state index contributed by atoms with van der Waals surface area (Å²) >= 11 is 0. The highest BCUT2D eigenvalue weighted by Crippen LogP contribution is 2.39. The van der Waals surface area contributed by atoms with Crippen molar-refractivity contribution < 1.29 is 9.63 Å². The van der Waals surface area contributed by atoms with Crippen LogP contribution in [0.1, 0.15) is 52.0 Å². The summed E-state index contributed by atoms with van der Waals surface area (Å²) < 4.78 is 0. The molecule has 8 heteroatoms. The summed E-state index contributed by atoms with van der Waals surface area (Å²) in [4.78, 5) is 21.8. The van der Waals surface area contributed by atoms with Crippen molar-refractivity contribution in [3.63, 3.8) is 0 Å². The first-order chi connectivity index (χ1) is 14.4. The van der Waals surface area contributed by atoms with Crippen molar-refractivity contribution in [2.75, 3.05) is 13.6 Å². The standard InChI is InChI=1S/C22H32N6O2/c1-16(2)28-30-17(3)20(29)25-14-22(18-8-6-5-7-9-18)12-10-19(11-13-22)27-21(24-4)26-15-23/h5-9,17,19H,10-14H2,1-4H3,(H,25,29)(H2,24,26,27). The maximum absolute atomic E-state index is 12.5. The van der Waals surface area contributed by atoms with E-state index < -0.39 is 6.10 Å². The van der Waals surface area contributed by atoms with Crippen molar-refractivity contribution in [2.24, 2.45) is 10.1 Å². The lowest BCUT2D eigenvalue weighted by atomic mass is 9.68. The smallest absolute Gasteiger partial charge is 0.263 e.